The third-order valence-electron chi connectivity index (χ3n) is 14.8. The summed E-state index contributed by atoms with van der Waals surface area (Å²) in [7, 11) is -3.18. The summed E-state index contributed by atoms with van der Waals surface area (Å²) in [6.45, 7) is 9.27. The van der Waals surface area contributed by atoms with Gasteiger partial charge < -0.3 is 9.47 Å². The lowest BCUT2D eigenvalue weighted by Crippen LogP contribution is -2.75. The Labute approximate surface area is 366 Å². The van der Waals surface area contributed by atoms with E-state index in [-0.39, 0.29) is 10.8 Å². The summed E-state index contributed by atoms with van der Waals surface area (Å²) in [5.41, 5.74) is 8.21. The smallest absolute Gasteiger partial charge is 0.184 e. The van der Waals surface area contributed by atoms with Gasteiger partial charge in [0.15, 0.2) is 8.07 Å². The molecule has 0 amide bonds. The van der Waals surface area contributed by atoms with Gasteiger partial charge >= 0.3 is 0 Å². The van der Waals surface area contributed by atoms with Gasteiger partial charge in [0.25, 0.3) is 0 Å². The molecule has 304 valence electrons. The van der Waals surface area contributed by atoms with Crippen LogP contribution in [0.25, 0.3) is 11.1 Å². The maximum Gasteiger partial charge on any atom is 0.184 e. The van der Waals surface area contributed by atoms with Crippen molar-refractivity contribution in [1.82, 2.24) is 0 Å². The summed E-state index contributed by atoms with van der Waals surface area (Å²) in [5.74, 6) is 2.24. The fraction of sp³-hybridized carbons (Fsp3) is 0.276. The lowest BCUT2D eigenvalue weighted by Gasteiger charge is -2.40. The molecule has 61 heavy (non-hydrogen) atoms. The van der Waals surface area contributed by atoms with E-state index in [1.165, 1.54) is 31.9 Å². The van der Waals surface area contributed by atoms with Crippen molar-refractivity contribution in [2.75, 3.05) is 0 Å². The minimum absolute atomic E-state index is 0.283. The molecule has 7 aromatic rings. The molecule has 2 heterocycles. The van der Waals surface area contributed by atoms with Crippen LogP contribution in [0.5, 0.6) is 23.0 Å². The Balaban J connectivity index is 1.19. The first-order chi connectivity index (χ1) is 30.4. The Bertz CT molecular complexity index is 2850. The zero-order chi connectivity index (χ0) is 43.2. The molecule has 11 rings (SSSR count). The van der Waals surface area contributed by atoms with Crippen molar-refractivity contribution in [2.24, 2.45) is 0 Å². The van der Waals surface area contributed by atoms with E-state index in [0.29, 0.717) is 0 Å². The van der Waals surface area contributed by atoms with E-state index >= 15 is 0 Å². The summed E-state index contributed by atoms with van der Waals surface area (Å²) >= 11 is 0. The van der Waals surface area contributed by atoms with Crippen molar-refractivity contribution in [2.45, 2.75) is 102 Å². The molecule has 2 saturated carbocycles. The van der Waals surface area contributed by atoms with E-state index < -0.39 is 19.9 Å². The molecule has 0 spiro atoms. The predicted molar refractivity (Wildman–Crippen MR) is 255 cm³/mol. The first kappa shape index (κ1) is 36.1. The molecule has 0 atom stereocenters. The van der Waals surface area contributed by atoms with Crippen molar-refractivity contribution < 1.29 is 12.2 Å². The van der Waals surface area contributed by atoms with Gasteiger partial charge in [-0.15, -0.1) is 0 Å². The molecular formula is C58H56O2Si. The summed E-state index contributed by atoms with van der Waals surface area (Å²) in [6.07, 6.45) is 7.66. The van der Waals surface area contributed by atoms with Gasteiger partial charge in [-0.25, -0.2) is 0 Å². The molecule has 0 aromatic heterocycles. The van der Waals surface area contributed by atoms with Crippen LogP contribution in [0, 0.1) is 0 Å². The number of benzene rings is 7. The van der Waals surface area contributed by atoms with Crippen LogP contribution in [0.15, 0.2) is 158 Å². The molecule has 7 aromatic carbocycles. The van der Waals surface area contributed by atoms with Gasteiger partial charge in [-0.1, -0.05) is 199 Å². The van der Waals surface area contributed by atoms with Crippen LogP contribution in [0.1, 0.15) is 127 Å². The van der Waals surface area contributed by atoms with Crippen molar-refractivity contribution in [1.29, 1.82) is 0 Å². The van der Waals surface area contributed by atoms with Crippen molar-refractivity contribution in [3.63, 3.8) is 0 Å². The lowest BCUT2D eigenvalue weighted by molar-refractivity contribution is 0.417. The zero-order valence-corrected chi connectivity index (χ0v) is 37.0. The normalized spacial score (nSPS) is 19.2. The van der Waals surface area contributed by atoms with E-state index in [0.717, 1.165) is 108 Å². The quantitative estimate of drug-likeness (QED) is 0.118. The summed E-state index contributed by atoms with van der Waals surface area (Å²) in [4.78, 5) is 0. The number of ether oxygens (including phenoxy) is 2. The number of hydrogen-bond donors (Lipinski definition) is 0. The molecule has 3 heteroatoms. The fourth-order valence-electron chi connectivity index (χ4n) is 11.5. The monoisotopic (exact) mass is 814 g/mol. The van der Waals surface area contributed by atoms with Gasteiger partial charge in [0, 0.05) is 41.4 Å². The zero-order valence-electron chi connectivity index (χ0n) is 38.0. The highest BCUT2D eigenvalue weighted by atomic mass is 28.3. The number of rotatable bonds is 7. The Hall–Kier alpha value is -5.64. The Kier molecular flexibility index (Phi) is 8.73. The van der Waals surface area contributed by atoms with E-state index in [4.69, 9.17) is 9.47 Å². The number of para-hydroxylation sites is 2. The minimum atomic E-state index is -3.18. The fourth-order valence-corrected chi connectivity index (χ4v) is 16.4. The van der Waals surface area contributed by atoms with Crippen LogP contribution < -0.4 is 30.2 Å². The Morgan fingerprint density at radius 3 is 1.72 bits per heavy atom. The summed E-state index contributed by atoms with van der Waals surface area (Å²) in [6, 6.07) is 58.0. The van der Waals surface area contributed by atoms with Crippen LogP contribution in [-0.2, 0) is 10.8 Å². The first-order valence-electron chi connectivity index (χ1n) is 23.6. The van der Waals surface area contributed by atoms with Gasteiger partial charge in [0.1, 0.15) is 23.0 Å². The summed E-state index contributed by atoms with van der Waals surface area (Å²) in [5, 5.41) is 5.02. The average Bonchev–Trinajstić information content (AvgIpc) is 3.96. The molecular weight excluding hydrogens is 757 g/mol. The highest BCUT2D eigenvalue weighted by molar-refractivity contribution is 7.20. The topological polar surface area (TPSA) is 18.5 Å². The van der Waals surface area contributed by atoms with Crippen molar-refractivity contribution >= 4 is 28.8 Å². The van der Waals surface area contributed by atoms with Crippen LogP contribution >= 0.6 is 0 Å². The first-order valence-corrected chi connectivity index (χ1v) is 24.6. The maximum atomic E-state index is 10.1. The Morgan fingerprint density at radius 1 is 0.475 bits per heavy atom. The molecule has 0 radical (unpaired) electrons. The average molecular weight is 815 g/mol. The second-order valence-electron chi connectivity index (χ2n) is 18.9. The molecule has 2 aliphatic heterocycles. The molecule has 0 saturated heterocycles. The van der Waals surface area contributed by atoms with Crippen LogP contribution in [0.3, 0.4) is 0 Å². The SMILES string of the molecule is [2H]C1(c2ccc3c(c2)Oc2c(ccc(C4([2H])CCCC4)c2-c2cccc([Si](c4ccccc4)(c4ccccc4)c4cccc5c4Oc4ccccc4C5(C)C)c2)C3(C)C)CCCC1. The molecule has 0 unspecified atom stereocenters. The third kappa shape index (κ3) is 6.02. The number of hydrogen-bond acceptors (Lipinski definition) is 2. The molecule has 2 fully saturated rings. The Morgan fingerprint density at radius 2 is 1.02 bits per heavy atom. The van der Waals surface area contributed by atoms with Gasteiger partial charge in [0.2, 0.25) is 0 Å². The van der Waals surface area contributed by atoms with Crippen LogP contribution in [-0.4, -0.2) is 8.07 Å². The summed E-state index contributed by atoms with van der Waals surface area (Å²) < 4.78 is 34.1. The van der Waals surface area contributed by atoms with Crippen molar-refractivity contribution in [3.05, 3.63) is 191 Å². The minimum Gasteiger partial charge on any atom is -0.457 e. The van der Waals surface area contributed by atoms with Crippen LogP contribution in [0.2, 0.25) is 0 Å². The maximum absolute atomic E-state index is 10.1. The van der Waals surface area contributed by atoms with Crippen LogP contribution in [0.4, 0.5) is 0 Å². The second kappa shape index (κ2) is 14.8. The van der Waals surface area contributed by atoms with E-state index in [1.807, 2.05) is 0 Å². The van der Waals surface area contributed by atoms with Gasteiger partial charge in [-0.3, -0.25) is 0 Å². The van der Waals surface area contributed by atoms with Crippen molar-refractivity contribution in [3.8, 4) is 34.1 Å². The second-order valence-corrected chi connectivity index (χ2v) is 22.7. The largest absolute Gasteiger partial charge is 0.457 e. The molecule has 4 aliphatic rings. The lowest BCUT2D eigenvalue weighted by atomic mass is 9.73. The predicted octanol–water partition coefficient (Wildman–Crippen LogP) is 12.9. The molecule has 0 N–H and O–H groups in total. The van der Waals surface area contributed by atoms with Gasteiger partial charge in [0.05, 0.1) is 0 Å². The van der Waals surface area contributed by atoms with Gasteiger partial charge in [-0.05, 0) is 87.0 Å². The van der Waals surface area contributed by atoms with E-state index in [2.05, 4.69) is 185 Å². The highest BCUT2D eigenvalue weighted by Crippen LogP contribution is 2.55. The standard InChI is InChI=1S/C58H56O2Si/c1-57(2)47-29-15-16-31-51(47)59-55-49(57)30-18-32-53(55)61(43-24-7-5-8-25-43,44-26-9-6-10-27-44)45-28-17-23-42(37-45)54-46(40-21-13-14-22-40)34-36-50-56(54)60-52-38-41(39-19-11-12-20-39)33-35-48(52)58(50,3)4/h5-10,15-18,23-40H,11-14,19-22H2,1-4H3/i39D,40D. The van der Waals surface area contributed by atoms with Gasteiger partial charge in [-0.2, -0.15) is 0 Å². The third-order valence-corrected chi connectivity index (χ3v) is 19.5. The highest BCUT2D eigenvalue weighted by Gasteiger charge is 2.47. The molecule has 0 bridgehead atoms. The number of fused-ring (bicyclic) bond motifs is 4. The van der Waals surface area contributed by atoms with E-state index in [9.17, 15) is 2.74 Å². The van der Waals surface area contributed by atoms with E-state index in [1.54, 1.807) is 0 Å². The molecule has 2 aliphatic carbocycles. The molecule has 2 nitrogen and oxygen atoms in total.